The topological polar surface area (TPSA) is 60.0 Å². The molecule has 0 aliphatic heterocycles. The van der Waals surface area contributed by atoms with E-state index in [1.165, 1.54) is 0 Å². The van der Waals surface area contributed by atoms with Crippen molar-refractivity contribution in [1.29, 1.82) is 0 Å². The Balaban J connectivity index is 2.67. The van der Waals surface area contributed by atoms with E-state index in [-0.39, 0.29) is 5.91 Å². The van der Waals surface area contributed by atoms with Gasteiger partial charge >= 0.3 is 0 Å². The summed E-state index contributed by atoms with van der Waals surface area (Å²) in [6, 6.07) is 3.92. The Morgan fingerprint density at radius 2 is 1.87 bits per heavy atom. The van der Waals surface area contributed by atoms with Crippen molar-refractivity contribution < 1.29 is 4.79 Å². The predicted octanol–water partition coefficient (Wildman–Crippen LogP) is 1.30. The van der Waals surface area contributed by atoms with Crippen LogP contribution in [0.4, 0.5) is 0 Å². The van der Waals surface area contributed by atoms with Gasteiger partial charge in [-0.05, 0) is 39.8 Å². The minimum absolute atomic E-state index is 0.0649. The first kappa shape index (κ1) is 11.8. The number of amides is 1. The van der Waals surface area contributed by atoms with Crippen LogP contribution in [0.15, 0.2) is 12.1 Å². The van der Waals surface area contributed by atoms with Gasteiger partial charge in [0.2, 0.25) is 5.91 Å². The van der Waals surface area contributed by atoms with E-state index in [0.29, 0.717) is 6.42 Å². The van der Waals surface area contributed by atoms with Crippen LogP contribution in [0.2, 0.25) is 0 Å². The lowest BCUT2D eigenvalue weighted by molar-refractivity contribution is -0.118. The highest BCUT2D eigenvalue weighted by molar-refractivity contribution is 5.84. The van der Waals surface area contributed by atoms with Crippen LogP contribution in [-0.2, 0) is 4.79 Å². The van der Waals surface area contributed by atoms with Crippen LogP contribution in [0.1, 0.15) is 31.7 Å². The second kappa shape index (κ2) is 4.06. The fraction of sp³-hybridized carbons (Fsp3) is 0.545. The summed E-state index contributed by atoms with van der Waals surface area (Å²) in [4.78, 5) is 11.6. The van der Waals surface area contributed by atoms with Crippen LogP contribution in [-0.4, -0.2) is 16.1 Å². The summed E-state index contributed by atoms with van der Waals surface area (Å²) in [7, 11) is 0. The molecular weight excluding hydrogens is 190 g/mol. The zero-order chi connectivity index (χ0) is 11.6. The van der Waals surface area contributed by atoms with Gasteiger partial charge in [0.05, 0.1) is 0 Å². The molecule has 1 rings (SSSR count). The quantitative estimate of drug-likeness (QED) is 0.788. The molecule has 0 aromatic carbocycles. The maximum atomic E-state index is 11.6. The molecule has 4 nitrogen and oxygen atoms in total. The Morgan fingerprint density at radius 1 is 1.40 bits per heavy atom. The molecule has 4 heteroatoms. The molecule has 0 aliphatic rings. The minimum atomic E-state index is -0.473. The van der Waals surface area contributed by atoms with E-state index in [0.717, 1.165) is 11.4 Å². The lowest BCUT2D eigenvalue weighted by Crippen LogP contribution is -2.38. The van der Waals surface area contributed by atoms with E-state index in [4.69, 9.17) is 5.73 Å². The molecule has 1 aromatic heterocycles. The van der Waals surface area contributed by atoms with Crippen molar-refractivity contribution in [1.82, 2.24) is 4.68 Å². The van der Waals surface area contributed by atoms with Gasteiger partial charge in [0.25, 0.3) is 0 Å². The maximum Gasteiger partial charge on any atom is 0.240 e. The first-order valence-corrected chi connectivity index (χ1v) is 5.03. The molecule has 1 heterocycles. The molecule has 0 aliphatic carbocycles. The summed E-state index contributed by atoms with van der Waals surface area (Å²) in [5.74, 6) is -0.0649. The normalized spacial score (nSPS) is 11.5. The van der Waals surface area contributed by atoms with Crippen molar-refractivity contribution in [3.05, 3.63) is 23.5 Å². The van der Waals surface area contributed by atoms with E-state index in [2.05, 4.69) is 5.43 Å². The highest BCUT2D eigenvalue weighted by Crippen LogP contribution is 2.07. The van der Waals surface area contributed by atoms with Gasteiger partial charge in [-0.25, -0.2) is 0 Å². The molecule has 84 valence electrons. The number of hydrogen-bond donors (Lipinski definition) is 2. The number of hydrogen-bond acceptors (Lipinski definition) is 2. The molecule has 0 bridgehead atoms. The third-order valence-corrected chi connectivity index (χ3v) is 2.12. The number of carbonyl (C=O) groups is 1. The van der Waals surface area contributed by atoms with Crippen LogP contribution in [0.5, 0.6) is 0 Å². The van der Waals surface area contributed by atoms with Gasteiger partial charge in [-0.15, -0.1) is 0 Å². The standard InChI is InChI=1S/C11H19N3O/c1-8-5-6-9(2)14(8)13-10(15)7-11(3,4)12/h5-6H,7,12H2,1-4H3,(H,13,15). The predicted molar refractivity (Wildman–Crippen MR) is 61.2 cm³/mol. The van der Waals surface area contributed by atoms with Crippen molar-refractivity contribution in [3.63, 3.8) is 0 Å². The fourth-order valence-electron chi connectivity index (χ4n) is 1.42. The highest BCUT2D eigenvalue weighted by atomic mass is 16.2. The van der Waals surface area contributed by atoms with Gasteiger partial charge in [0.1, 0.15) is 0 Å². The Labute approximate surface area is 90.4 Å². The van der Waals surface area contributed by atoms with Crippen LogP contribution in [0, 0.1) is 13.8 Å². The second-order valence-electron chi connectivity index (χ2n) is 4.65. The molecule has 3 N–H and O–H groups in total. The number of carbonyl (C=O) groups excluding carboxylic acids is 1. The molecule has 0 unspecified atom stereocenters. The zero-order valence-electron chi connectivity index (χ0n) is 9.79. The Kier molecular flexibility index (Phi) is 3.19. The summed E-state index contributed by atoms with van der Waals surface area (Å²) in [6.07, 6.45) is 0.310. The fourth-order valence-corrected chi connectivity index (χ4v) is 1.42. The van der Waals surface area contributed by atoms with Crippen molar-refractivity contribution in [3.8, 4) is 0 Å². The van der Waals surface area contributed by atoms with E-state index in [1.54, 1.807) is 4.68 Å². The minimum Gasteiger partial charge on any atom is -0.325 e. The monoisotopic (exact) mass is 209 g/mol. The Bertz CT molecular complexity index is 341. The van der Waals surface area contributed by atoms with Gasteiger partial charge in [0.15, 0.2) is 0 Å². The molecule has 0 spiro atoms. The van der Waals surface area contributed by atoms with Crippen molar-refractivity contribution >= 4 is 5.91 Å². The van der Waals surface area contributed by atoms with Crippen LogP contribution < -0.4 is 11.2 Å². The average molecular weight is 209 g/mol. The van der Waals surface area contributed by atoms with E-state index in [1.807, 2.05) is 39.8 Å². The van der Waals surface area contributed by atoms with Crippen molar-refractivity contribution in [2.75, 3.05) is 5.43 Å². The van der Waals surface area contributed by atoms with E-state index in [9.17, 15) is 4.79 Å². The first-order chi connectivity index (χ1) is 6.79. The molecular formula is C11H19N3O. The van der Waals surface area contributed by atoms with Crippen molar-refractivity contribution in [2.45, 2.75) is 39.7 Å². The zero-order valence-corrected chi connectivity index (χ0v) is 9.79. The number of nitrogens with two attached hydrogens (primary N) is 1. The molecule has 0 radical (unpaired) electrons. The van der Waals surface area contributed by atoms with Gasteiger partial charge in [-0.1, -0.05) is 0 Å². The SMILES string of the molecule is Cc1ccc(C)n1NC(=O)CC(C)(C)N. The summed E-state index contributed by atoms with van der Waals surface area (Å²) >= 11 is 0. The Morgan fingerprint density at radius 3 is 2.27 bits per heavy atom. The molecule has 1 aromatic rings. The molecule has 0 saturated carbocycles. The van der Waals surface area contributed by atoms with E-state index >= 15 is 0 Å². The number of rotatable bonds is 3. The summed E-state index contributed by atoms with van der Waals surface area (Å²) in [5, 5.41) is 0. The lowest BCUT2D eigenvalue weighted by atomic mass is 10.0. The van der Waals surface area contributed by atoms with Gasteiger partial charge in [-0.3, -0.25) is 14.9 Å². The number of nitrogens with one attached hydrogen (secondary N) is 1. The smallest absolute Gasteiger partial charge is 0.240 e. The maximum absolute atomic E-state index is 11.6. The Hall–Kier alpha value is -1.29. The average Bonchev–Trinajstić information content (AvgIpc) is 2.32. The largest absolute Gasteiger partial charge is 0.325 e. The van der Waals surface area contributed by atoms with Crippen LogP contribution >= 0.6 is 0 Å². The van der Waals surface area contributed by atoms with Crippen molar-refractivity contribution in [2.24, 2.45) is 5.73 Å². The lowest BCUT2D eigenvalue weighted by Gasteiger charge is -2.19. The summed E-state index contributed by atoms with van der Waals surface area (Å²) in [6.45, 7) is 7.56. The molecule has 0 fully saturated rings. The highest BCUT2D eigenvalue weighted by Gasteiger charge is 2.16. The number of nitrogens with zero attached hydrogens (tertiary/aromatic N) is 1. The number of aromatic nitrogens is 1. The summed E-state index contributed by atoms with van der Waals surface area (Å²) in [5.41, 5.74) is 10.1. The van der Waals surface area contributed by atoms with Crippen LogP contribution in [0.3, 0.4) is 0 Å². The molecule has 15 heavy (non-hydrogen) atoms. The molecule has 0 atom stereocenters. The van der Waals surface area contributed by atoms with E-state index < -0.39 is 5.54 Å². The third kappa shape index (κ3) is 3.40. The molecule has 1 amide bonds. The second-order valence-corrected chi connectivity index (χ2v) is 4.65. The van der Waals surface area contributed by atoms with Crippen LogP contribution in [0.25, 0.3) is 0 Å². The summed E-state index contributed by atoms with van der Waals surface area (Å²) < 4.78 is 1.77. The first-order valence-electron chi connectivity index (χ1n) is 5.03. The number of aryl methyl sites for hydroxylation is 2. The third-order valence-electron chi connectivity index (χ3n) is 2.12. The molecule has 0 saturated heterocycles. The van der Waals surface area contributed by atoms with Gasteiger partial charge in [-0.2, -0.15) is 0 Å². The van der Waals surface area contributed by atoms with Gasteiger partial charge in [0, 0.05) is 23.3 Å². The van der Waals surface area contributed by atoms with Gasteiger partial charge < -0.3 is 5.73 Å².